The number of benzene rings is 1. The highest BCUT2D eigenvalue weighted by atomic mass is 16.5. The second kappa shape index (κ2) is 1.67. The molecule has 1 aliphatic carbocycles. The molecule has 2 aliphatic rings. The number of rotatable bonds is 0. The molecule has 0 saturated heterocycles. The average Bonchev–Trinajstić information content (AvgIpc) is 2.72. The number of hydrogen-bond donors (Lipinski definition) is 0. The van der Waals surface area contributed by atoms with E-state index in [0.29, 0.717) is 0 Å². The van der Waals surface area contributed by atoms with E-state index in [1.54, 1.807) is 0 Å². The van der Waals surface area contributed by atoms with Crippen LogP contribution in [-0.2, 0) is 16.9 Å². The van der Waals surface area contributed by atoms with Crippen molar-refractivity contribution >= 4 is 0 Å². The van der Waals surface area contributed by atoms with E-state index < -0.39 is 0 Å². The van der Waals surface area contributed by atoms with Crippen molar-refractivity contribution in [2.24, 2.45) is 0 Å². The Morgan fingerprint density at radius 3 is 3.18 bits per heavy atom. The first-order valence-electron chi connectivity index (χ1n) is 4.04. The molecule has 1 aliphatic heterocycles. The summed E-state index contributed by atoms with van der Waals surface area (Å²) in [7, 11) is 0. The Bertz CT molecular complexity index is 299. The minimum Gasteiger partial charge on any atom is -0.366 e. The van der Waals surface area contributed by atoms with Crippen LogP contribution >= 0.6 is 0 Å². The number of hydrogen-bond acceptors (Lipinski definition) is 1. The van der Waals surface area contributed by atoms with Crippen molar-refractivity contribution in [3.05, 3.63) is 35.4 Å². The topological polar surface area (TPSA) is 9.23 Å². The molecule has 0 amide bonds. The predicted molar refractivity (Wildman–Crippen MR) is 41.0 cm³/mol. The average molecular weight is 145 g/mol. The van der Waals surface area contributed by atoms with Crippen LogP contribution in [0.15, 0.2) is 18.2 Å². The van der Waals surface area contributed by atoms with E-state index in [2.05, 4.69) is 12.1 Å². The smallest absolute Gasteiger partial charge is 0.0941 e. The molecule has 1 radical (unpaired) electrons. The van der Waals surface area contributed by atoms with Crippen molar-refractivity contribution < 1.29 is 4.74 Å². The standard InChI is InChI=1S/C10H9O/c1-2-4-9-8(3-1)7-11-10(9)5-6-10/h2-4H,5-7H2. The molecule has 1 fully saturated rings. The molecule has 3 rings (SSSR count). The summed E-state index contributed by atoms with van der Waals surface area (Å²) in [5.41, 5.74) is 2.91. The van der Waals surface area contributed by atoms with Gasteiger partial charge >= 0.3 is 0 Å². The molecule has 1 heteroatoms. The summed E-state index contributed by atoms with van der Waals surface area (Å²) < 4.78 is 5.70. The van der Waals surface area contributed by atoms with Crippen LogP contribution in [0.3, 0.4) is 0 Å². The Morgan fingerprint density at radius 2 is 2.36 bits per heavy atom. The van der Waals surface area contributed by atoms with Gasteiger partial charge in [0.05, 0.1) is 12.2 Å². The van der Waals surface area contributed by atoms with Gasteiger partial charge in [0.25, 0.3) is 0 Å². The summed E-state index contributed by atoms with van der Waals surface area (Å²) in [6.07, 6.45) is 2.42. The molecule has 55 valence electrons. The lowest BCUT2D eigenvalue weighted by Gasteiger charge is -2.05. The summed E-state index contributed by atoms with van der Waals surface area (Å²) in [5.74, 6) is 0. The van der Waals surface area contributed by atoms with Gasteiger partial charge in [-0.15, -0.1) is 0 Å². The fourth-order valence-electron chi connectivity index (χ4n) is 1.85. The van der Waals surface area contributed by atoms with Crippen LogP contribution < -0.4 is 0 Å². The van der Waals surface area contributed by atoms with Gasteiger partial charge < -0.3 is 4.74 Å². The summed E-state index contributed by atoms with van der Waals surface area (Å²) in [6.45, 7) is 0.798. The first-order chi connectivity index (χ1) is 5.41. The normalized spacial score (nSPS) is 23.6. The molecule has 1 nitrogen and oxygen atoms in total. The summed E-state index contributed by atoms with van der Waals surface area (Å²) in [6, 6.07) is 9.25. The molecule has 0 unspecified atom stereocenters. The summed E-state index contributed by atoms with van der Waals surface area (Å²) >= 11 is 0. The summed E-state index contributed by atoms with van der Waals surface area (Å²) in [5, 5.41) is 0. The molecule has 0 atom stereocenters. The zero-order valence-corrected chi connectivity index (χ0v) is 6.26. The quantitative estimate of drug-likeness (QED) is 0.542. The molecular weight excluding hydrogens is 136 g/mol. The number of fused-ring (bicyclic) bond motifs is 2. The molecule has 0 bridgehead atoms. The lowest BCUT2D eigenvalue weighted by Crippen LogP contribution is -2.01. The Labute approximate surface area is 66.0 Å². The van der Waals surface area contributed by atoms with Crippen LogP contribution in [0.25, 0.3) is 0 Å². The van der Waals surface area contributed by atoms with Crippen molar-refractivity contribution in [2.75, 3.05) is 0 Å². The first-order valence-corrected chi connectivity index (χ1v) is 4.04. The zero-order valence-electron chi connectivity index (χ0n) is 6.26. The maximum Gasteiger partial charge on any atom is 0.0941 e. The third-order valence-electron chi connectivity index (χ3n) is 2.65. The maximum atomic E-state index is 5.70. The van der Waals surface area contributed by atoms with Crippen LogP contribution in [-0.4, -0.2) is 0 Å². The zero-order chi connectivity index (χ0) is 7.31. The van der Waals surface area contributed by atoms with Gasteiger partial charge in [-0.25, -0.2) is 0 Å². The fraction of sp³-hybridized carbons (Fsp3) is 0.400. The van der Waals surface area contributed by atoms with E-state index in [0.717, 1.165) is 6.61 Å². The third-order valence-corrected chi connectivity index (χ3v) is 2.65. The van der Waals surface area contributed by atoms with Crippen molar-refractivity contribution in [3.8, 4) is 0 Å². The second-order valence-corrected chi connectivity index (χ2v) is 3.37. The van der Waals surface area contributed by atoms with Gasteiger partial charge in [0.2, 0.25) is 0 Å². The minimum atomic E-state index is 0.157. The Balaban J connectivity index is 2.21. The van der Waals surface area contributed by atoms with Crippen molar-refractivity contribution in [1.29, 1.82) is 0 Å². The highest BCUT2D eigenvalue weighted by Gasteiger charge is 2.50. The molecule has 11 heavy (non-hydrogen) atoms. The van der Waals surface area contributed by atoms with E-state index in [9.17, 15) is 0 Å². The largest absolute Gasteiger partial charge is 0.366 e. The lowest BCUT2D eigenvalue weighted by atomic mass is 10.0. The van der Waals surface area contributed by atoms with Gasteiger partial charge in [-0.05, 0) is 36.1 Å². The van der Waals surface area contributed by atoms with Gasteiger partial charge in [0.15, 0.2) is 0 Å². The molecule has 0 N–H and O–H groups in total. The fourth-order valence-corrected chi connectivity index (χ4v) is 1.85. The van der Waals surface area contributed by atoms with Crippen LogP contribution in [0.1, 0.15) is 24.0 Å². The molecule has 1 heterocycles. The molecular formula is C10H9O. The van der Waals surface area contributed by atoms with Crippen molar-refractivity contribution in [1.82, 2.24) is 0 Å². The predicted octanol–water partition coefficient (Wildman–Crippen LogP) is 2.01. The van der Waals surface area contributed by atoms with Crippen molar-refractivity contribution in [2.45, 2.75) is 25.0 Å². The highest BCUT2D eigenvalue weighted by molar-refractivity contribution is 5.38. The molecule has 1 saturated carbocycles. The van der Waals surface area contributed by atoms with Gasteiger partial charge in [-0.3, -0.25) is 0 Å². The van der Waals surface area contributed by atoms with E-state index in [-0.39, 0.29) is 5.60 Å². The Kier molecular flexibility index (Phi) is 0.878. The number of ether oxygens (including phenoxy) is 1. The van der Waals surface area contributed by atoms with E-state index >= 15 is 0 Å². The summed E-state index contributed by atoms with van der Waals surface area (Å²) in [4.78, 5) is 0. The van der Waals surface area contributed by atoms with E-state index in [1.165, 1.54) is 24.0 Å². The monoisotopic (exact) mass is 145 g/mol. The molecule has 1 spiro atoms. The van der Waals surface area contributed by atoms with Gasteiger partial charge in [-0.2, -0.15) is 0 Å². The van der Waals surface area contributed by atoms with Crippen LogP contribution in [0, 0.1) is 6.07 Å². The van der Waals surface area contributed by atoms with Gasteiger partial charge in [-0.1, -0.05) is 12.1 Å². The Hall–Kier alpha value is -0.820. The van der Waals surface area contributed by atoms with E-state index in [4.69, 9.17) is 4.74 Å². The van der Waals surface area contributed by atoms with Crippen LogP contribution in [0.5, 0.6) is 0 Å². The first kappa shape index (κ1) is 5.78. The molecule has 1 aromatic carbocycles. The molecule has 1 aromatic rings. The maximum absolute atomic E-state index is 5.70. The Morgan fingerprint density at radius 1 is 1.45 bits per heavy atom. The van der Waals surface area contributed by atoms with Gasteiger partial charge in [0, 0.05) is 0 Å². The lowest BCUT2D eigenvalue weighted by molar-refractivity contribution is 0.0442. The van der Waals surface area contributed by atoms with Crippen LogP contribution in [0.2, 0.25) is 0 Å². The van der Waals surface area contributed by atoms with E-state index in [1.807, 2.05) is 12.1 Å². The SMILES string of the molecule is [c]1ccc2c(c1)COC21CC1. The van der Waals surface area contributed by atoms with Gasteiger partial charge in [0.1, 0.15) is 0 Å². The second-order valence-electron chi connectivity index (χ2n) is 3.37. The third kappa shape index (κ3) is 0.641. The minimum absolute atomic E-state index is 0.157. The molecule has 0 aromatic heterocycles. The van der Waals surface area contributed by atoms with Crippen LogP contribution in [0.4, 0.5) is 0 Å². The highest BCUT2D eigenvalue weighted by Crippen LogP contribution is 2.54. The van der Waals surface area contributed by atoms with Crippen molar-refractivity contribution in [3.63, 3.8) is 0 Å².